The fourth-order valence-corrected chi connectivity index (χ4v) is 3.19. The van der Waals surface area contributed by atoms with Gasteiger partial charge in [0.05, 0.1) is 23.4 Å². The maximum absolute atomic E-state index is 12.5. The van der Waals surface area contributed by atoms with Gasteiger partial charge in [-0.25, -0.2) is 4.98 Å². The average molecular weight is 357 g/mol. The number of fused-ring (bicyclic) bond motifs is 1. The van der Waals surface area contributed by atoms with Crippen LogP contribution in [0.5, 0.6) is 0 Å². The summed E-state index contributed by atoms with van der Waals surface area (Å²) in [6.45, 7) is 0.484. The molecule has 3 rings (SSSR count). The first-order valence-corrected chi connectivity index (χ1v) is 8.06. The normalized spacial score (nSPS) is 11.4. The molecule has 0 fully saturated rings. The Labute approximate surface area is 146 Å². The van der Waals surface area contributed by atoms with E-state index < -0.39 is 11.5 Å². The molecule has 0 saturated heterocycles. The lowest BCUT2D eigenvalue weighted by molar-refractivity contribution is 0.1000. The third-order valence-corrected chi connectivity index (χ3v) is 4.43. The number of carbonyl (C=O) groups excluding carboxylic acids is 1. The number of nitrogens with two attached hydrogens (primary N) is 2. The maximum atomic E-state index is 12.5. The van der Waals surface area contributed by atoms with Gasteiger partial charge in [-0.1, -0.05) is 6.08 Å². The number of nitrogen functional groups attached to an aromatic ring is 1. The fourth-order valence-electron chi connectivity index (χ4n) is 2.29. The summed E-state index contributed by atoms with van der Waals surface area (Å²) >= 11 is 1.33. The van der Waals surface area contributed by atoms with Gasteiger partial charge < -0.3 is 21.2 Å². The van der Waals surface area contributed by atoms with E-state index in [0.29, 0.717) is 22.6 Å². The molecule has 3 aromatic heterocycles. The van der Waals surface area contributed by atoms with Crippen molar-refractivity contribution in [3.63, 3.8) is 0 Å². The summed E-state index contributed by atoms with van der Waals surface area (Å²) in [4.78, 5) is 35.7. The Morgan fingerprint density at radius 3 is 2.92 bits per heavy atom. The Bertz CT molecular complexity index is 1040. The zero-order chi connectivity index (χ0) is 18.0. The van der Waals surface area contributed by atoms with Gasteiger partial charge >= 0.3 is 0 Å². The van der Waals surface area contributed by atoms with Crippen molar-refractivity contribution in [2.45, 2.75) is 0 Å². The lowest BCUT2D eigenvalue weighted by atomic mass is 10.1. The summed E-state index contributed by atoms with van der Waals surface area (Å²) in [6.07, 6.45) is 6.68. The molecule has 8 nitrogen and oxygen atoms in total. The standard InChI is InChI=1S/C16H15N5O3S/c1-24-4-2-3-9-7-20-16(25-9)11-12(17)13-10(21-15(11)23)5-8(6-19-13)14(18)22/h2-3,5-7H,4H2,1H3,(H2,18,22)(H3,17,21,23)/b3-2+. The number of anilines is 1. The monoisotopic (exact) mass is 357 g/mol. The highest BCUT2D eigenvalue weighted by molar-refractivity contribution is 7.15. The number of ether oxygens (including phenoxy) is 1. The van der Waals surface area contributed by atoms with Crippen LogP contribution < -0.4 is 17.0 Å². The molecule has 3 heterocycles. The van der Waals surface area contributed by atoms with E-state index in [2.05, 4.69) is 15.0 Å². The predicted octanol–water partition coefficient (Wildman–Crippen LogP) is 1.39. The van der Waals surface area contributed by atoms with Crippen LogP contribution >= 0.6 is 11.3 Å². The van der Waals surface area contributed by atoms with Crippen LogP contribution in [0.3, 0.4) is 0 Å². The SMILES string of the molecule is COC/C=C/c1cnc(-c2c(N)c3ncc(C(N)=O)cc3[nH]c2=O)s1. The Balaban J connectivity index is 2.09. The molecular formula is C16H15N5O3S. The minimum absolute atomic E-state index is 0.190. The van der Waals surface area contributed by atoms with E-state index in [0.717, 1.165) is 4.88 Å². The van der Waals surface area contributed by atoms with Gasteiger partial charge in [-0.2, -0.15) is 0 Å². The maximum Gasteiger partial charge on any atom is 0.260 e. The third kappa shape index (κ3) is 3.28. The molecule has 1 amide bonds. The molecule has 0 aromatic carbocycles. The number of pyridine rings is 2. The van der Waals surface area contributed by atoms with E-state index >= 15 is 0 Å². The van der Waals surface area contributed by atoms with E-state index in [-0.39, 0.29) is 16.8 Å². The van der Waals surface area contributed by atoms with Crippen molar-refractivity contribution in [2.24, 2.45) is 5.73 Å². The highest BCUT2D eigenvalue weighted by Gasteiger charge is 2.17. The van der Waals surface area contributed by atoms with Crippen molar-refractivity contribution in [1.82, 2.24) is 15.0 Å². The Hall–Kier alpha value is -3.04. The van der Waals surface area contributed by atoms with Gasteiger partial charge in [-0.15, -0.1) is 11.3 Å². The molecule has 0 radical (unpaired) electrons. The second-order valence-corrected chi connectivity index (χ2v) is 6.21. The molecule has 128 valence electrons. The number of methoxy groups -OCH3 is 1. The van der Waals surface area contributed by atoms with Crippen LogP contribution in [0, 0.1) is 0 Å². The molecule has 0 spiro atoms. The number of primary amides is 1. The van der Waals surface area contributed by atoms with Crippen molar-refractivity contribution in [2.75, 3.05) is 19.5 Å². The predicted molar refractivity (Wildman–Crippen MR) is 97.3 cm³/mol. The summed E-state index contributed by atoms with van der Waals surface area (Å²) in [7, 11) is 1.61. The van der Waals surface area contributed by atoms with E-state index in [1.165, 1.54) is 23.6 Å². The third-order valence-electron chi connectivity index (χ3n) is 3.45. The van der Waals surface area contributed by atoms with E-state index in [4.69, 9.17) is 16.2 Å². The first-order valence-electron chi connectivity index (χ1n) is 7.24. The zero-order valence-corrected chi connectivity index (χ0v) is 14.1. The first-order chi connectivity index (χ1) is 12.0. The van der Waals surface area contributed by atoms with Gasteiger partial charge in [0.1, 0.15) is 16.1 Å². The van der Waals surface area contributed by atoms with Gasteiger partial charge in [0.25, 0.3) is 5.56 Å². The smallest absolute Gasteiger partial charge is 0.260 e. The Morgan fingerprint density at radius 1 is 1.40 bits per heavy atom. The number of carbonyl (C=O) groups is 1. The molecule has 25 heavy (non-hydrogen) atoms. The number of aromatic nitrogens is 3. The number of amides is 1. The molecule has 0 unspecified atom stereocenters. The number of nitrogens with zero attached hydrogens (tertiary/aromatic N) is 2. The Morgan fingerprint density at radius 2 is 2.20 bits per heavy atom. The number of hydrogen-bond donors (Lipinski definition) is 3. The minimum atomic E-state index is -0.634. The van der Waals surface area contributed by atoms with Gasteiger partial charge in [-0.05, 0) is 12.1 Å². The quantitative estimate of drug-likeness (QED) is 0.631. The minimum Gasteiger partial charge on any atom is -0.396 e. The molecule has 9 heteroatoms. The summed E-state index contributed by atoms with van der Waals surface area (Å²) in [6, 6.07) is 1.45. The lowest BCUT2D eigenvalue weighted by Crippen LogP contribution is -2.15. The molecule has 3 aromatic rings. The zero-order valence-electron chi connectivity index (χ0n) is 13.3. The number of nitrogens with one attached hydrogen (secondary N) is 1. The van der Waals surface area contributed by atoms with Crippen molar-refractivity contribution < 1.29 is 9.53 Å². The molecule has 0 aliphatic rings. The Kier molecular flexibility index (Phi) is 4.59. The molecule has 5 N–H and O–H groups in total. The number of rotatable bonds is 5. The summed E-state index contributed by atoms with van der Waals surface area (Å²) in [5.74, 6) is -0.634. The van der Waals surface area contributed by atoms with Crippen LogP contribution in [0.2, 0.25) is 0 Å². The number of H-pyrrole nitrogens is 1. The van der Waals surface area contributed by atoms with Crippen molar-refractivity contribution in [1.29, 1.82) is 0 Å². The van der Waals surface area contributed by atoms with Gasteiger partial charge in [0, 0.05) is 24.4 Å². The fraction of sp³-hybridized carbons (Fsp3) is 0.125. The lowest BCUT2D eigenvalue weighted by Gasteiger charge is -2.06. The highest BCUT2D eigenvalue weighted by atomic mass is 32.1. The molecule has 0 bridgehead atoms. The van der Waals surface area contributed by atoms with Crippen LogP contribution in [0.4, 0.5) is 5.69 Å². The molecular weight excluding hydrogens is 342 g/mol. The number of hydrogen-bond acceptors (Lipinski definition) is 7. The average Bonchev–Trinajstić information content (AvgIpc) is 3.03. The van der Waals surface area contributed by atoms with Crippen LogP contribution in [0.1, 0.15) is 15.2 Å². The van der Waals surface area contributed by atoms with E-state index in [1.807, 2.05) is 12.2 Å². The van der Waals surface area contributed by atoms with E-state index in [1.54, 1.807) is 13.3 Å². The van der Waals surface area contributed by atoms with Crippen molar-refractivity contribution in [3.8, 4) is 10.6 Å². The van der Waals surface area contributed by atoms with Gasteiger partial charge in [-0.3, -0.25) is 14.6 Å². The van der Waals surface area contributed by atoms with Crippen LogP contribution in [0.15, 0.2) is 29.3 Å². The summed E-state index contributed by atoms with van der Waals surface area (Å²) < 4.78 is 4.95. The van der Waals surface area contributed by atoms with Gasteiger partial charge in [0.15, 0.2) is 0 Å². The second-order valence-electron chi connectivity index (χ2n) is 5.15. The topological polar surface area (TPSA) is 137 Å². The first kappa shape index (κ1) is 16.8. The van der Waals surface area contributed by atoms with Crippen LogP contribution in [-0.2, 0) is 4.74 Å². The summed E-state index contributed by atoms with van der Waals surface area (Å²) in [5.41, 5.74) is 12.3. The van der Waals surface area contributed by atoms with Crippen molar-refractivity contribution >= 4 is 40.0 Å². The summed E-state index contributed by atoms with van der Waals surface area (Å²) in [5, 5.41) is 0.485. The second kappa shape index (κ2) is 6.83. The molecule has 0 atom stereocenters. The largest absolute Gasteiger partial charge is 0.396 e. The van der Waals surface area contributed by atoms with Crippen LogP contribution in [-0.4, -0.2) is 34.6 Å². The van der Waals surface area contributed by atoms with E-state index in [9.17, 15) is 9.59 Å². The highest BCUT2D eigenvalue weighted by Crippen LogP contribution is 2.30. The number of aromatic amines is 1. The molecule has 0 aliphatic heterocycles. The van der Waals surface area contributed by atoms with Crippen LogP contribution in [0.25, 0.3) is 27.7 Å². The van der Waals surface area contributed by atoms with Crippen molar-refractivity contribution in [3.05, 3.63) is 45.3 Å². The molecule has 0 saturated carbocycles. The number of thiazole rings is 1. The molecule has 0 aliphatic carbocycles. The van der Waals surface area contributed by atoms with Gasteiger partial charge in [0.2, 0.25) is 5.91 Å².